The van der Waals surface area contributed by atoms with Gasteiger partial charge >= 0.3 is 7.60 Å². The molecule has 0 bridgehead atoms. The minimum atomic E-state index is -3.25. The zero-order valence-electron chi connectivity index (χ0n) is 11.7. The molecule has 0 radical (unpaired) electrons. The highest BCUT2D eigenvalue weighted by Gasteiger charge is 2.26. The molecule has 0 aromatic heterocycles. The summed E-state index contributed by atoms with van der Waals surface area (Å²) in [7, 11) is -0.650. The predicted octanol–water partition coefficient (Wildman–Crippen LogP) is 3.63. The van der Waals surface area contributed by atoms with Crippen molar-refractivity contribution in [3.8, 4) is 0 Å². The van der Waals surface area contributed by atoms with E-state index in [1.54, 1.807) is 0 Å². The van der Waals surface area contributed by atoms with Gasteiger partial charge in [0.1, 0.15) is 11.9 Å². The molecule has 19 heavy (non-hydrogen) atoms. The van der Waals surface area contributed by atoms with Gasteiger partial charge in [-0.15, -0.1) is 0 Å². The molecule has 4 nitrogen and oxygen atoms in total. The first-order chi connectivity index (χ1) is 9.04. The number of ketones is 1. The maximum absolute atomic E-state index is 12.0. The zero-order valence-corrected chi connectivity index (χ0v) is 12.6. The molecule has 0 N–H and O–H groups in total. The highest BCUT2D eigenvalue weighted by molar-refractivity contribution is 7.54. The Morgan fingerprint density at radius 3 is 2.26 bits per heavy atom. The van der Waals surface area contributed by atoms with Crippen molar-refractivity contribution in [2.75, 3.05) is 20.4 Å². The van der Waals surface area contributed by atoms with Crippen molar-refractivity contribution >= 4 is 13.4 Å². The van der Waals surface area contributed by atoms with Crippen molar-refractivity contribution in [2.24, 2.45) is 0 Å². The molecule has 106 valence electrons. The van der Waals surface area contributed by atoms with Crippen molar-refractivity contribution in [2.45, 2.75) is 25.7 Å². The highest BCUT2D eigenvalue weighted by Crippen LogP contribution is 2.46. The van der Waals surface area contributed by atoms with Crippen molar-refractivity contribution in [1.29, 1.82) is 0 Å². The number of hydrogen-bond donors (Lipinski definition) is 0. The van der Waals surface area contributed by atoms with Gasteiger partial charge in [0.2, 0.25) is 0 Å². The Morgan fingerprint density at radius 1 is 1.21 bits per heavy atom. The summed E-state index contributed by atoms with van der Waals surface area (Å²) in [5.41, 5.74) is 1.13. The van der Waals surface area contributed by atoms with Gasteiger partial charge in [-0.25, -0.2) is 0 Å². The van der Waals surface area contributed by atoms with Crippen molar-refractivity contribution < 1.29 is 18.4 Å². The molecule has 5 heteroatoms. The third-order valence-electron chi connectivity index (χ3n) is 3.16. The lowest BCUT2D eigenvalue weighted by Crippen LogP contribution is -2.12. The molecule has 0 heterocycles. The zero-order chi connectivity index (χ0) is 14.3. The van der Waals surface area contributed by atoms with E-state index < -0.39 is 7.60 Å². The van der Waals surface area contributed by atoms with E-state index in [1.807, 2.05) is 37.3 Å². The largest absolute Gasteiger partial charge is 0.337 e. The minimum Gasteiger partial charge on any atom is -0.312 e. The topological polar surface area (TPSA) is 52.6 Å². The monoisotopic (exact) mass is 284 g/mol. The van der Waals surface area contributed by atoms with E-state index in [2.05, 4.69) is 0 Å². The van der Waals surface area contributed by atoms with Gasteiger partial charge in [0.05, 0.1) is 0 Å². The lowest BCUT2D eigenvalue weighted by molar-refractivity contribution is -0.117. The summed E-state index contributed by atoms with van der Waals surface area (Å²) in [5, 5.41) is 0. The molecule has 1 atom stereocenters. The van der Waals surface area contributed by atoms with Crippen molar-refractivity contribution in [3.05, 3.63) is 35.9 Å². The van der Waals surface area contributed by atoms with Crippen LogP contribution in [0.25, 0.3) is 0 Å². The van der Waals surface area contributed by atoms with Crippen molar-refractivity contribution in [1.82, 2.24) is 0 Å². The van der Waals surface area contributed by atoms with Crippen LogP contribution in [0.5, 0.6) is 0 Å². The van der Waals surface area contributed by atoms with Crippen LogP contribution in [0.2, 0.25) is 0 Å². The summed E-state index contributed by atoms with van der Waals surface area (Å²) < 4.78 is 21.5. The summed E-state index contributed by atoms with van der Waals surface area (Å²) in [6, 6.07) is 9.87. The van der Waals surface area contributed by atoms with Gasteiger partial charge in [-0.05, 0) is 17.9 Å². The van der Waals surface area contributed by atoms with Crippen LogP contribution < -0.4 is 0 Å². The third kappa shape index (κ3) is 4.90. The average Bonchev–Trinajstić information content (AvgIpc) is 2.45. The van der Waals surface area contributed by atoms with Crippen LogP contribution in [0.4, 0.5) is 0 Å². The van der Waals surface area contributed by atoms with Gasteiger partial charge in [0.15, 0.2) is 0 Å². The maximum Gasteiger partial charge on any atom is 0.337 e. The maximum atomic E-state index is 12.0. The molecule has 0 aliphatic rings. The van der Waals surface area contributed by atoms with Crippen LogP contribution in [0, 0.1) is 0 Å². The van der Waals surface area contributed by atoms with E-state index in [4.69, 9.17) is 9.05 Å². The molecule has 0 amide bonds. The minimum absolute atomic E-state index is 0.0947. The predicted molar refractivity (Wildman–Crippen MR) is 75.6 cm³/mol. The van der Waals surface area contributed by atoms with Gasteiger partial charge in [-0.3, -0.25) is 9.36 Å². The van der Waals surface area contributed by atoms with E-state index in [-0.39, 0.29) is 17.9 Å². The summed E-state index contributed by atoms with van der Waals surface area (Å²) in [5.74, 6) is 0.0543. The number of Topliss-reactive ketones (excluding diaryl/α,β-unsaturated/α-hetero) is 1. The lowest BCUT2D eigenvalue weighted by Gasteiger charge is -2.17. The van der Waals surface area contributed by atoms with E-state index in [9.17, 15) is 9.36 Å². The van der Waals surface area contributed by atoms with E-state index >= 15 is 0 Å². The summed E-state index contributed by atoms with van der Waals surface area (Å²) in [4.78, 5) is 12.0. The third-order valence-corrected chi connectivity index (χ3v) is 5.02. The number of carbonyl (C=O) groups excluding carboxylic acids is 1. The smallest absolute Gasteiger partial charge is 0.312 e. The van der Waals surface area contributed by atoms with E-state index in [0.29, 0.717) is 6.42 Å². The van der Waals surface area contributed by atoms with Gasteiger partial charge in [-0.1, -0.05) is 37.3 Å². The Labute approximate surface area is 114 Å². The average molecular weight is 284 g/mol. The number of carbonyl (C=O) groups is 1. The molecule has 0 fully saturated rings. The van der Waals surface area contributed by atoms with Gasteiger partial charge in [-0.2, -0.15) is 0 Å². The van der Waals surface area contributed by atoms with Gasteiger partial charge in [0, 0.05) is 20.6 Å². The second-order valence-electron chi connectivity index (χ2n) is 4.39. The Kier molecular flexibility index (Phi) is 6.43. The molecular weight excluding hydrogens is 263 g/mol. The molecule has 0 saturated heterocycles. The Bertz CT molecular complexity index is 436. The van der Waals surface area contributed by atoms with Crippen LogP contribution in [0.3, 0.4) is 0 Å². The lowest BCUT2D eigenvalue weighted by atomic mass is 9.92. The summed E-state index contributed by atoms with van der Waals surface area (Å²) in [6.07, 6.45) is 1.06. The first kappa shape index (κ1) is 16.1. The fourth-order valence-corrected chi connectivity index (χ4v) is 2.95. The van der Waals surface area contributed by atoms with Crippen LogP contribution in [0.15, 0.2) is 30.3 Å². The molecule has 0 saturated carbocycles. The van der Waals surface area contributed by atoms with E-state index in [1.165, 1.54) is 14.2 Å². The summed E-state index contributed by atoms with van der Waals surface area (Å²) in [6.45, 7) is 2.04. The van der Waals surface area contributed by atoms with Crippen molar-refractivity contribution in [3.63, 3.8) is 0 Å². The normalized spacial score (nSPS) is 13.2. The molecular formula is C14H21O4P. The molecule has 1 aromatic rings. The Morgan fingerprint density at radius 2 is 1.79 bits per heavy atom. The number of hydrogen-bond acceptors (Lipinski definition) is 4. The fraction of sp³-hybridized carbons (Fsp3) is 0.500. The van der Waals surface area contributed by atoms with Gasteiger partial charge < -0.3 is 9.05 Å². The highest BCUT2D eigenvalue weighted by atomic mass is 31.2. The van der Waals surface area contributed by atoms with Crippen LogP contribution in [-0.4, -0.2) is 26.2 Å². The number of benzene rings is 1. The second-order valence-corrected chi connectivity index (χ2v) is 6.66. The quantitative estimate of drug-likeness (QED) is 0.684. The SMILES string of the molecule is CC[C@H](CC(=O)CP(=O)(OC)OC)c1ccccc1. The first-order valence-electron chi connectivity index (χ1n) is 6.31. The van der Waals surface area contributed by atoms with Crippen LogP contribution >= 0.6 is 7.60 Å². The number of rotatable bonds is 8. The van der Waals surface area contributed by atoms with Gasteiger partial charge in [0.25, 0.3) is 0 Å². The molecule has 0 aliphatic carbocycles. The first-order valence-corrected chi connectivity index (χ1v) is 8.04. The summed E-state index contributed by atoms with van der Waals surface area (Å²) >= 11 is 0. The fourth-order valence-electron chi connectivity index (χ4n) is 1.98. The molecule has 0 spiro atoms. The van der Waals surface area contributed by atoms with Crippen LogP contribution in [-0.2, 0) is 18.4 Å². The van der Waals surface area contributed by atoms with E-state index in [0.717, 1.165) is 12.0 Å². The molecule has 0 unspecified atom stereocenters. The Balaban J connectivity index is 2.67. The molecule has 1 rings (SSSR count). The standard InChI is InChI=1S/C14H21O4P/c1-4-12(13-8-6-5-7-9-13)10-14(15)11-19(16,17-2)18-3/h5-9,12H,4,10-11H2,1-3H3/t12-/m1/s1. The second kappa shape index (κ2) is 7.59. The Hall–Kier alpha value is -0.960. The molecule has 1 aromatic carbocycles. The van der Waals surface area contributed by atoms with Crippen LogP contribution in [0.1, 0.15) is 31.2 Å². The molecule has 0 aliphatic heterocycles.